The summed E-state index contributed by atoms with van der Waals surface area (Å²) in [5.74, 6) is 0.0821. The van der Waals surface area contributed by atoms with Gasteiger partial charge < -0.3 is 15.0 Å². The van der Waals surface area contributed by atoms with Crippen molar-refractivity contribution in [2.75, 3.05) is 26.2 Å². The monoisotopic (exact) mass is 341 g/mol. The van der Waals surface area contributed by atoms with Gasteiger partial charge in [-0.2, -0.15) is 0 Å². The topological polar surface area (TPSA) is 59.6 Å². The molecule has 1 unspecified atom stereocenters. The smallest absolute Gasteiger partial charge is 0.219 e. The summed E-state index contributed by atoms with van der Waals surface area (Å²) in [7, 11) is 0. The van der Waals surface area contributed by atoms with E-state index in [9.17, 15) is 9.90 Å². The quantitative estimate of drug-likeness (QED) is 0.882. The summed E-state index contributed by atoms with van der Waals surface area (Å²) in [6.45, 7) is 5.89. The predicted molar refractivity (Wildman–Crippen MR) is 98.1 cm³/mol. The van der Waals surface area contributed by atoms with E-state index in [2.05, 4.69) is 40.2 Å². The summed E-state index contributed by atoms with van der Waals surface area (Å²) >= 11 is 0. The molecule has 5 heteroatoms. The van der Waals surface area contributed by atoms with Gasteiger partial charge in [-0.25, -0.2) is 0 Å². The van der Waals surface area contributed by atoms with Crippen molar-refractivity contribution in [3.05, 3.63) is 36.0 Å². The minimum absolute atomic E-state index is 0.0821. The summed E-state index contributed by atoms with van der Waals surface area (Å²) in [5.41, 5.74) is 2.55. The van der Waals surface area contributed by atoms with Gasteiger partial charge in [-0.05, 0) is 55.3 Å². The van der Waals surface area contributed by atoms with Crippen molar-refractivity contribution < 1.29 is 9.90 Å². The zero-order valence-electron chi connectivity index (χ0n) is 14.9. The summed E-state index contributed by atoms with van der Waals surface area (Å²) in [4.78, 5) is 19.6. The SMILES string of the molecule is CC(=O)N1CC(O)CC2(CCN(Cc3cc4ccccc4[nH]3)CC2)C1. The van der Waals surface area contributed by atoms with Gasteiger partial charge in [0.25, 0.3) is 0 Å². The highest BCUT2D eigenvalue weighted by molar-refractivity contribution is 5.80. The van der Waals surface area contributed by atoms with Crippen LogP contribution in [-0.2, 0) is 11.3 Å². The summed E-state index contributed by atoms with van der Waals surface area (Å²) in [5, 5.41) is 11.5. The number of para-hydroxylation sites is 1. The molecule has 0 saturated carbocycles. The Hall–Kier alpha value is -1.85. The van der Waals surface area contributed by atoms with E-state index in [-0.39, 0.29) is 17.4 Å². The molecule has 1 aromatic carbocycles. The Kier molecular flexibility index (Phi) is 4.29. The average molecular weight is 341 g/mol. The molecule has 5 nitrogen and oxygen atoms in total. The third-order valence-corrected chi connectivity index (χ3v) is 5.97. The number of likely N-dealkylation sites (tertiary alicyclic amines) is 2. The molecule has 2 saturated heterocycles. The van der Waals surface area contributed by atoms with Gasteiger partial charge in [0.15, 0.2) is 0 Å². The number of piperidine rings is 2. The van der Waals surface area contributed by atoms with E-state index < -0.39 is 0 Å². The lowest BCUT2D eigenvalue weighted by Gasteiger charge is -2.49. The molecule has 1 atom stereocenters. The van der Waals surface area contributed by atoms with Crippen LogP contribution in [-0.4, -0.2) is 58.1 Å². The average Bonchev–Trinajstić information content (AvgIpc) is 2.99. The number of hydrogen-bond acceptors (Lipinski definition) is 3. The maximum Gasteiger partial charge on any atom is 0.219 e. The van der Waals surface area contributed by atoms with Crippen LogP contribution in [0.1, 0.15) is 31.9 Å². The Labute approximate surface area is 148 Å². The zero-order valence-corrected chi connectivity index (χ0v) is 14.9. The standard InChI is InChI=1S/C20H27N3O2/c1-15(24)23-13-18(25)11-20(14-23)6-8-22(9-7-20)12-17-10-16-4-2-3-5-19(16)21-17/h2-5,10,18,21,25H,6-9,11-14H2,1H3. The maximum absolute atomic E-state index is 11.8. The first-order valence-corrected chi connectivity index (χ1v) is 9.26. The number of aromatic nitrogens is 1. The zero-order chi connectivity index (χ0) is 17.4. The maximum atomic E-state index is 11.8. The van der Waals surface area contributed by atoms with Gasteiger partial charge in [-0.15, -0.1) is 0 Å². The van der Waals surface area contributed by atoms with E-state index in [1.807, 2.05) is 4.90 Å². The van der Waals surface area contributed by atoms with E-state index in [0.29, 0.717) is 6.54 Å². The number of aromatic amines is 1. The Morgan fingerprint density at radius 1 is 1.32 bits per heavy atom. The minimum Gasteiger partial charge on any atom is -0.391 e. The highest BCUT2D eigenvalue weighted by Gasteiger charge is 2.42. The van der Waals surface area contributed by atoms with E-state index in [1.54, 1.807) is 6.92 Å². The van der Waals surface area contributed by atoms with Crippen molar-refractivity contribution >= 4 is 16.8 Å². The molecule has 4 rings (SSSR count). The van der Waals surface area contributed by atoms with Crippen molar-refractivity contribution in [1.82, 2.24) is 14.8 Å². The number of aliphatic hydroxyl groups is 1. The van der Waals surface area contributed by atoms with Gasteiger partial charge in [-0.3, -0.25) is 9.69 Å². The molecule has 2 fully saturated rings. The largest absolute Gasteiger partial charge is 0.391 e. The first-order valence-electron chi connectivity index (χ1n) is 9.26. The summed E-state index contributed by atoms with van der Waals surface area (Å²) < 4.78 is 0. The third-order valence-electron chi connectivity index (χ3n) is 5.97. The number of amides is 1. The van der Waals surface area contributed by atoms with E-state index >= 15 is 0 Å². The number of nitrogens with one attached hydrogen (secondary N) is 1. The van der Waals surface area contributed by atoms with Crippen LogP contribution < -0.4 is 0 Å². The van der Waals surface area contributed by atoms with Crippen LogP contribution in [0.2, 0.25) is 0 Å². The first-order chi connectivity index (χ1) is 12.0. The number of benzene rings is 1. The number of hydrogen-bond donors (Lipinski definition) is 2. The van der Waals surface area contributed by atoms with Gasteiger partial charge in [-0.1, -0.05) is 18.2 Å². The summed E-state index contributed by atoms with van der Waals surface area (Å²) in [6, 6.07) is 10.6. The number of carbonyl (C=O) groups is 1. The lowest BCUT2D eigenvalue weighted by molar-refractivity contribution is -0.138. The Balaban J connectivity index is 1.40. The third kappa shape index (κ3) is 3.44. The van der Waals surface area contributed by atoms with Crippen molar-refractivity contribution in [3.8, 4) is 0 Å². The van der Waals surface area contributed by atoms with Crippen LogP contribution >= 0.6 is 0 Å². The number of fused-ring (bicyclic) bond motifs is 1. The molecule has 1 aromatic heterocycles. The molecule has 1 amide bonds. The van der Waals surface area contributed by atoms with Crippen molar-refractivity contribution in [1.29, 1.82) is 0 Å². The number of carbonyl (C=O) groups excluding carboxylic acids is 1. The second-order valence-corrected chi connectivity index (χ2v) is 7.92. The fourth-order valence-electron chi connectivity index (χ4n) is 4.60. The Bertz CT molecular complexity index is 728. The molecular weight excluding hydrogens is 314 g/mol. The molecule has 0 radical (unpaired) electrons. The van der Waals surface area contributed by atoms with Gasteiger partial charge in [0.2, 0.25) is 5.91 Å². The van der Waals surface area contributed by atoms with E-state index in [1.165, 1.54) is 16.6 Å². The lowest BCUT2D eigenvalue weighted by atomic mass is 9.71. The normalized spacial score (nSPS) is 24.1. The van der Waals surface area contributed by atoms with Crippen molar-refractivity contribution in [3.63, 3.8) is 0 Å². The molecule has 2 aromatic rings. The van der Waals surface area contributed by atoms with E-state index in [0.717, 1.165) is 45.4 Å². The molecular formula is C20H27N3O2. The number of β-amino-alcohol motifs (C(OH)–C–C–N with tert-alkyl or cyclic N) is 1. The predicted octanol–water partition coefficient (Wildman–Crippen LogP) is 2.36. The molecule has 3 heterocycles. The van der Waals surface area contributed by atoms with Crippen molar-refractivity contribution in [2.45, 2.75) is 38.8 Å². The number of H-pyrrole nitrogens is 1. The molecule has 0 bridgehead atoms. The molecule has 2 aliphatic heterocycles. The van der Waals surface area contributed by atoms with Crippen molar-refractivity contribution in [2.24, 2.45) is 5.41 Å². The highest BCUT2D eigenvalue weighted by Crippen LogP contribution is 2.40. The summed E-state index contributed by atoms with van der Waals surface area (Å²) in [6.07, 6.45) is 2.55. The number of rotatable bonds is 2. The van der Waals surface area contributed by atoms with E-state index in [4.69, 9.17) is 0 Å². The minimum atomic E-state index is -0.377. The second-order valence-electron chi connectivity index (χ2n) is 7.92. The second kappa shape index (κ2) is 6.46. The highest BCUT2D eigenvalue weighted by atomic mass is 16.3. The molecule has 2 N–H and O–H groups in total. The number of nitrogens with zero attached hydrogens (tertiary/aromatic N) is 2. The lowest BCUT2D eigenvalue weighted by Crippen LogP contribution is -2.54. The molecule has 0 aliphatic carbocycles. The molecule has 2 aliphatic rings. The molecule has 134 valence electrons. The van der Waals surface area contributed by atoms with Gasteiger partial charge in [0, 0.05) is 37.8 Å². The van der Waals surface area contributed by atoms with Crippen LogP contribution in [0, 0.1) is 5.41 Å². The fraction of sp³-hybridized carbons (Fsp3) is 0.550. The molecule has 1 spiro atoms. The fourth-order valence-corrected chi connectivity index (χ4v) is 4.60. The van der Waals surface area contributed by atoms with Crippen LogP contribution in [0.25, 0.3) is 10.9 Å². The first kappa shape index (κ1) is 16.6. The van der Waals surface area contributed by atoms with Crippen LogP contribution in [0.5, 0.6) is 0 Å². The Morgan fingerprint density at radius 3 is 2.80 bits per heavy atom. The van der Waals surface area contributed by atoms with Gasteiger partial charge >= 0.3 is 0 Å². The Morgan fingerprint density at radius 2 is 2.08 bits per heavy atom. The van der Waals surface area contributed by atoms with Crippen LogP contribution in [0.3, 0.4) is 0 Å². The molecule has 25 heavy (non-hydrogen) atoms. The van der Waals surface area contributed by atoms with Crippen LogP contribution in [0.4, 0.5) is 0 Å². The number of aliphatic hydroxyl groups excluding tert-OH is 1. The van der Waals surface area contributed by atoms with Gasteiger partial charge in [0.05, 0.1) is 6.10 Å². The van der Waals surface area contributed by atoms with Crippen LogP contribution in [0.15, 0.2) is 30.3 Å². The van der Waals surface area contributed by atoms with Gasteiger partial charge in [0.1, 0.15) is 0 Å².